The highest BCUT2D eigenvalue weighted by Crippen LogP contribution is 2.29. The second-order valence-electron chi connectivity index (χ2n) is 5.79. The fourth-order valence-electron chi connectivity index (χ4n) is 2.94. The Morgan fingerprint density at radius 2 is 1.70 bits per heavy atom. The molecule has 0 saturated carbocycles. The molecule has 0 bridgehead atoms. The van der Waals surface area contributed by atoms with E-state index in [9.17, 15) is 0 Å². The van der Waals surface area contributed by atoms with E-state index in [4.69, 9.17) is 0 Å². The second kappa shape index (κ2) is 7.73. The first-order chi connectivity index (χ1) is 11.4. The van der Waals surface area contributed by atoms with Crippen molar-refractivity contribution in [2.24, 2.45) is 0 Å². The fraction of sp³-hybridized carbons (Fsp3) is 0.300. The van der Waals surface area contributed by atoms with E-state index < -0.39 is 0 Å². The van der Waals surface area contributed by atoms with E-state index in [1.807, 2.05) is 18.6 Å². The minimum absolute atomic E-state index is 1.02. The minimum atomic E-state index is 1.02. The maximum atomic E-state index is 4.68. The first-order valence-electron chi connectivity index (χ1n) is 8.41. The maximum absolute atomic E-state index is 4.68. The van der Waals surface area contributed by atoms with Crippen LogP contribution in [0.15, 0.2) is 61.3 Å². The molecular formula is C20H23N3. The van der Waals surface area contributed by atoms with Crippen molar-refractivity contribution in [2.75, 3.05) is 0 Å². The summed E-state index contributed by atoms with van der Waals surface area (Å²) in [5.41, 5.74) is 4.76. The monoisotopic (exact) mass is 305 g/mol. The molecular weight excluding hydrogens is 282 g/mol. The first kappa shape index (κ1) is 15.5. The van der Waals surface area contributed by atoms with Crippen molar-refractivity contribution < 1.29 is 0 Å². The van der Waals surface area contributed by atoms with Crippen molar-refractivity contribution in [1.29, 1.82) is 0 Å². The second-order valence-corrected chi connectivity index (χ2v) is 5.79. The van der Waals surface area contributed by atoms with Gasteiger partial charge in [0.05, 0.1) is 11.4 Å². The van der Waals surface area contributed by atoms with Crippen LogP contribution in [0.5, 0.6) is 0 Å². The van der Waals surface area contributed by atoms with E-state index in [2.05, 4.69) is 64.2 Å². The van der Waals surface area contributed by atoms with Gasteiger partial charge in [-0.3, -0.25) is 9.97 Å². The van der Waals surface area contributed by atoms with Crippen LogP contribution in [0.25, 0.3) is 16.8 Å². The van der Waals surface area contributed by atoms with Crippen LogP contribution in [0, 0.1) is 0 Å². The molecule has 118 valence electrons. The molecule has 0 spiro atoms. The number of hydrogen-bond acceptors (Lipinski definition) is 2. The summed E-state index contributed by atoms with van der Waals surface area (Å²) >= 11 is 0. The third-order valence-corrected chi connectivity index (χ3v) is 4.12. The van der Waals surface area contributed by atoms with E-state index in [0.717, 1.165) is 6.42 Å². The van der Waals surface area contributed by atoms with Crippen molar-refractivity contribution >= 4 is 0 Å². The molecule has 0 aliphatic rings. The van der Waals surface area contributed by atoms with Crippen molar-refractivity contribution in [2.45, 2.75) is 39.0 Å². The predicted octanol–water partition coefficient (Wildman–Crippen LogP) is 5.06. The number of pyridine rings is 2. The largest absolute Gasteiger partial charge is 0.322 e. The van der Waals surface area contributed by atoms with Gasteiger partial charge in [0.1, 0.15) is 0 Å². The molecule has 0 N–H and O–H groups in total. The molecule has 3 rings (SSSR count). The zero-order valence-electron chi connectivity index (χ0n) is 13.7. The summed E-state index contributed by atoms with van der Waals surface area (Å²) in [6.07, 6.45) is 15.8. The average Bonchev–Trinajstić information content (AvgIpc) is 3.13. The number of aromatic nitrogens is 3. The molecule has 3 aromatic heterocycles. The normalized spacial score (nSPS) is 10.8. The van der Waals surface area contributed by atoms with Crippen molar-refractivity contribution in [3.63, 3.8) is 0 Å². The zero-order chi connectivity index (χ0) is 15.9. The van der Waals surface area contributed by atoms with Gasteiger partial charge in [0.25, 0.3) is 0 Å². The molecule has 0 aromatic carbocycles. The van der Waals surface area contributed by atoms with E-state index in [1.165, 1.54) is 48.2 Å². The Labute approximate surface area is 138 Å². The summed E-state index contributed by atoms with van der Waals surface area (Å²) in [5, 5.41) is 0. The van der Waals surface area contributed by atoms with Crippen LogP contribution in [0.4, 0.5) is 0 Å². The Morgan fingerprint density at radius 3 is 2.43 bits per heavy atom. The summed E-state index contributed by atoms with van der Waals surface area (Å²) in [4.78, 5) is 8.82. The summed E-state index contributed by atoms with van der Waals surface area (Å²) in [7, 11) is 0. The van der Waals surface area contributed by atoms with Crippen LogP contribution in [-0.2, 0) is 6.42 Å². The SMILES string of the molecule is CCCCCCc1nccc(-c2ccncc2)c1-n1cccc1. The van der Waals surface area contributed by atoms with Gasteiger partial charge in [0.2, 0.25) is 0 Å². The van der Waals surface area contributed by atoms with Gasteiger partial charge in [-0.05, 0) is 48.7 Å². The van der Waals surface area contributed by atoms with E-state index >= 15 is 0 Å². The molecule has 23 heavy (non-hydrogen) atoms. The van der Waals surface area contributed by atoms with Crippen LogP contribution in [0.3, 0.4) is 0 Å². The van der Waals surface area contributed by atoms with Crippen LogP contribution >= 0.6 is 0 Å². The summed E-state index contributed by atoms with van der Waals surface area (Å²) in [6.45, 7) is 2.24. The fourth-order valence-corrected chi connectivity index (χ4v) is 2.94. The molecule has 0 fully saturated rings. The summed E-state index contributed by atoms with van der Waals surface area (Å²) in [5.74, 6) is 0. The topological polar surface area (TPSA) is 30.7 Å². The van der Waals surface area contributed by atoms with Crippen molar-refractivity contribution in [1.82, 2.24) is 14.5 Å². The molecule has 3 nitrogen and oxygen atoms in total. The molecule has 0 aliphatic carbocycles. The van der Waals surface area contributed by atoms with Gasteiger partial charge < -0.3 is 4.57 Å². The van der Waals surface area contributed by atoms with E-state index in [-0.39, 0.29) is 0 Å². The quantitative estimate of drug-likeness (QED) is 0.571. The number of nitrogens with zero attached hydrogens (tertiary/aromatic N) is 3. The Bertz CT molecular complexity index is 718. The average molecular weight is 305 g/mol. The third-order valence-electron chi connectivity index (χ3n) is 4.12. The Hall–Kier alpha value is -2.42. The highest BCUT2D eigenvalue weighted by molar-refractivity contribution is 5.73. The lowest BCUT2D eigenvalue weighted by Crippen LogP contribution is -2.03. The number of aryl methyl sites for hydroxylation is 1. The number of hydrogen-bond donors (Lipinski definition) is 0. The smallest absolute Gasteiger partial charge is 0.0745 e. The van der Waals surface area contributed by atoms with Crippen LogP contribution in [-0.4, -0.2) is 14.5 Å². The van der Waals surface area contributed by atoms with Gasteiger partial charge in [0, 0.05) is 36.5 Å². The predicted molar refractivity (Wildman–Crippen MR) is 94.6 cm³/mol. The van der Waals surface area contributed by atoms with Crippen molar-refractivity contribution in [3.8, 4) is 16.8 Å². The highest BCUT2D eigenvalue weighted by Gasteiger charge is 2.12. The molecule has 3 heterocycles. The van der Waals surface area contributed by atoms with Gasteiger partial charge in [-0.15, -0.1) is 0 Å². The van der Waals surface area contributed by atoms with Gasteiger partial charge in [-0.2, -0.15) is 0 Å². The van der Waals surface area contributed by atoms with Gasteiger partial charge in [-0.25, -0.2) is 0 Å². The molecule has 0 saturated heterocycles. The molecule has 0 amide bonds. The van der Waals surface area contributed by atoms with Gasteiger partial charge in [-0.1, -0.05) is 26.2 Å². The Kier molecular flexibility index (Phi) is 5.20. The number of unbranched alkanes of at least 4 members (excludes halogenated alkanes) is 3. The zero-order valence-corrected chi connectivity index (χ0v) is 13.7. The minimum Gasteiger partial charge on any atom is -0.322 e. The first-order valence-corrected chi connectivity index (χ1v) is 8.41. The van der Waals surface area contributed by atoms with Crippen molar-refractivity contribution in [3.05, 3.63) is 67.0 Å². The standard InChI is InChI=1S/C20H23N3/c1-2-3-4-5-8-19-20(23-15-6-7-16-23)18(11-14-22-19)17-9-12-21-13-10-17/h6-7,9-16H,2-5,8H2,1H3. The lowest BCUT2D eigenvalue weighted by molar-refractivity contribution is 0.659. The molecule has 0 unspecified atom stereocenters. The molecule has 0 radical (unpaired) electrons. The number of rotatable bonds is 7. The molecule has 0 aliphatic heterocycles. The molecule has 3 aromatic rings. The van der Waals surface area contributed by atoms with Crippen LogP contribution in [0.2, 0.25) is 0 Å². The Balaban J connectivity index is 1.99. The highest BCUT2D eigenvalue weighted by atomic mass is 15.0. The van der Waals surface area contributed by atoms with E-state index in [0.29, 0.717) is 0 Å². The third kappa shape index (κ3) is 3.67. The summed E-state index contributed by atoms with van der Waals surface area (Å²) in [6, 6.07) is 10.3. The summed E-state index contributed by atoms with van der Waals surface area (Å²) < 4.78 is 2.18. The van der Waals surface area contributed by atoms with Gasteiger partial charge in [0.15, 0.2) is 0 Å². The Morgan fingerprint density at radius 1 is 0.913 bits per heavy atom. The van der Waals surface area contributed by atoms with E-state index in [1.54, 1.807) is 0 Å². The maximum Gasteiger partial charge on any atom is 0.0745 e. The van der Waals surface area contributed by atoms with Gasteiger partial charge >= 0.3 is 0 Å². The van der Waals surface area contributed by atoms with Crippen LogP contribution in [0.1, 0.15) is 38.3 Å². The lowest BCUT2D eigenvalue weighted by Gasteiger charge is -2.15. The lowest BCUT2D eigenvalue weighted by atomic mass is 10.0. The molecule has 3 heteroatoms. The molecule has 0 atom stereocenters. The van der Waals surface area contributed by atoms with Crippen LogP contribution < -0.4 is 0 Å².